The Bertz CT molecular complexity index is 493. The van der Waals surface area contributed by atoms with Gasteiger partial charge >= 0.3 is 5.97 Å². The first-order chi connectivity index (χ1) is 9.06. The summed E-state index contributed by atoms with van der Waals surface area (Å²) in [6, 6.07) is -0.728. The number of aromatic nitrogens is 3. The fourth-order valence-electron chi connectivity index (χ4n) is 2.19. The molecule has 0 aliphatic carbocycles. The van der Waals surface area contributed by atoms with E-state index in [2.05, 4.69) is 15.6 Å². The van der Waals surface area contributed by atoms with Crippen LogP contribution in [-0.4, -0.2) is 40.5 Å². The number of esters is 1. The molecule has 1 aliphatic rings. The van der Waals surface area contributed by atoms with Crippen LogP contribution in [0.3, 0.4) is 0 Å². The van der Waals surface area contributed by atoms with Crippen LogP contribution >= 0.6 is 0 Å². The van der Waals surface area contributed by atoms with Gasteiger partial charge in [0.25, 0.3) is 0 Å². The molecule has 0 aromatic carbocycles. The van der Waals surface area contributed by atoms with Crippen molar-refractivity contribution in [3.63, 3.8) is 0 Å². The van der Waals surface area contributed by atoms with Gasteiger partial charge in [-0.05, 0) is 26.3 Å². The Balaban J connectivity index is 2.46. The third kappa shape index (κ3) is 2.43. The average Bonchev–Trinajstić information content (AvgIpc) is 3.04. The number of methoxy groups -OCH3 is 1. The first-order valence-corrected chi connectivity index (χ1v) is 6.12. The second-order valence-corrected chi connectivity index (χ2v) is 4.49. The molecule has 104 valence electrons. The minimum absolute atomic E-state index is 0.0640. The Kier molecular flexibility index (Phi) is 3.79. The van der Waals surface area contributed by atoms with E-state index in [9.17, 15) is 9.59 Å². The number of carbonyl (C=O) groups excluding carboxylic acids is 2. The summed E-state index contributed by atoms with van der Waals surface area (Å²) < 4.78 is 6.09. The highest BCUT2D eigenvalue weighted by atomic mass is 16.5. The van der Waals surface area contributed by atoms with Crippen LogP contribution < -0.4 is 11.1 Å². The van der Waals surface area contributed by atoms with Gasteiger partial charge in [0.1, 0.15) is 6.04 Å². The average molecular weight is 267 g/mol. The van der Waals surface area contributed by atoms with Crippen molar-refractivity contribution in [2.45, 2.75) is 31.8 Å². The van der Waals surface area contributed by atoms with E-state index >= 15 is 0 Å². The van der Waals surface area contributed by atoms with Gasteiger partial charge in [0.05, 0.1) is 18.8 Å². The van der Waals surface area contributed by atoms with E-state index in [1.165, 1.54) is 11.8 Å². The highest BCUT2D eigenvalue weighted by molar-refractivity contribution is 5.88. The van der Waals surface area contributed by atoms with Crippen molar-refractivity contribution < 1.29 is 14.3 Å². The number of rotatable bonds is 4. The normalized spacial score (nSPS) is 20.2. The zero-order chi connectivity index (χ0) is 14.0. The number of hydrogen-bond acceptors (Lipinski definition) is 6. The maximum Gasteiger partial charge on any atom is 0.360 e. The lowest BCUT2D eigenvalue weighted by atomic mass is 10.1. The maximum atomic E-state index is 11.7. The Labute approximate surface area is 110 Å². The van der Waals surface area contributed by atoms with Crippen LogP contribution in [0.5, 0.6) is 0 Å². The molecule has 2 atom stereocenters. The lowest BCUT2D eigenvalue weighted by Crippen LogP contribution is -2.29. The van der Waals surface area contributed by atoms with E-state index in [-0.39, 0.29) is 11.7 Å². The van der Waals surface area contributed by atoms with Gasteiger partial charge in [-0.1, -0.05) is 5.21 Å². The molecule has 1 fully saturated rings. The van der Waals surface area contributed by atoms with Crippen molar-refractivity contribution in [2.24, 2.45) is 5.73 Å². The summed E-state index contributed by atoms with van der Waals surface area (Å²) in [7, 11) is 1.28. The zero-order valence-electron chi connectivity index (χ0n) is 10.9. The lowest BCUT2D eigenvalue weighted by Gasteiger charge is -2.16. The molecule has 0 spiro atoms. The summed E-state index contributed by atoms with van der Waals surface area (Å²) in [5.41, 5.74) is 5.99. The van der Waals surface area contributed by atoms with Gasteiger partial charge in [0.15, 0.2) is 5.69 Å². The van der Waals surface area contributed by atoms with Crippen LogP contribution in [0.4, 0.5) is 0 Å². The van der Waals surface area contributed by atoms with Crippen molar-refractivity contribution in [2.75, 3.05) is 13.7 Å². The monoisotopic (exact) mass is 267 g/mol. The number of nitrogens with two attached hydrogens (primary N) is 1. The standard InChI is InChI=1S/C11H17N5O3/c1-6(10(12)17)16-9(7-4-3-5-13-7)8(14-15-16)11(18)19-2/h6-7,13H,3-5H2,1-2H3,(H2,12,17). The maximum absolute atomic E-state index is 11.7. The number of amides is 1. The van der Waals surface area contributed by atoms with E-state index in [1.54, 1.807) is 6.92 Å². The summed E-state index contributed by atoms with van der Waals surface area (Å²) in [6.07, 6.45) is 1.84. The zero-order valence-corrected chi connectivity index (χ0v) is 10.9. The van der Waals surface area contributed by atoms with Crippen molar-refractivity contribution in [3.05, 3.63) is 11.4 Å². The summed E-state index contributed by atoms with van der Waals surface area (Å²) in [6.45, 7) is 2.47. The molecule has 3 N–H and O–H groups in total. The van der Waals surface area contributed by atoms with Crippen molar-refractivity contribution in [1.29, 1.82) is 0 Å². The topological polar surface area (TPSA) is 112 Å². The Morgan fingerprint density at radius 2 is 2.32 bits per heavy atom. The van der Waals surface area contributed by atoms with Crippen LogP contribution in [0.1, 0.15) is 48.0 Å². The van der Waals surface area contributed by atoms with E-state index in [4.69, 9.17) is 10.5 Å². The second kappa shape index (κ2) is 5.35. The molecule has 0 bridgehead atoms. The quantitative estimate of drug-likeness (QED) is 0.713. The minimum Gasteiger partial charge on any atom is -0.464 e. The second-order valence-electron chi connectivity index (χ2n) is 4.49. The molecule has 8 heteroatoms. The third-order valence-electron chi connectivity index (χ3n) is 3.28. The van der Waals surface area contributed by atoms with Crippen LogP contribution in [0.2, 0.25) is 0 Å². The van der Waals surface area contributed by atoms with E-state index in [0.29, 0.717) is 5.69 Å². The smallest absolute Gasteiger partial charge is 0.360 e. The number of hydrogen-bond donors (Lipinski definition) is 2. The van der Waals surface area contributed by atoms with Gasteiger partial charge in [-0.2, -0.15) is 0 Å². The first-order valence-electron chi connectivity index (χ1n) is 6.12. The molecule has 1 aliphatic heterocycles. The number of carbonyl (C=O) groups is 2. The van der Waals surface area contributed by atoms with Gasteiger partial charge in [-0.15, -0.1) is 5.10 Å². The molecular formula is C11H17N5O3. The fraction of sp³-hybridized carbons (Fsp3) is 0.636. The molecule has 0 radical (unpaired) electrons. The van der Waals surface area contributed by atoms with Gasteiger partial charge in [-0.25, -0.2) is 9.48 Å². The predicted molar refractivity (Wildman–Crippen MR) is 65.2 cm³/mol. The molecule has 1 aromatic rings. The molecule has 19 heavy (non-hydrogen) atoms. The van der Waals surface area contributed by atoms with Gasteiger partial charge < -0.3 is 15.8 Å². The highest BCUT2D eigenvalue weighted by Gasteiger charge is 2.31. The SMILES string of the molecule is COC(=O)c1nnn(C(C)C(N)=O)c1C1CCCN1. The van der Waals surface area contributed by atoms with Crippen molar-refractivity contribution in [3.8, 4) is 0 Å². The van der Waals surface area contributed by atoms with Gasteiger partial charge in [0.2, 0.25) is 5.91 Å². The van der Waals surface area contributed by atoms with E-state index < -0.39 is 17.9 Å². The molecule has 0 saturated carbocycles. The van der Waals surface area contributed by atoms with E-state index in [0.717, 1.165) is 19.4 Å². The van der Waals surface area contributed by atoms with Crippen LogP contribution in [-0.2, 0) is 9.53 Å². The summed E-state index contributed by atoms with van der Waals surface area (Å²) in [5, 5.41) is 11.0. The Morgan fingerprint density at radius 1 is 1.58 bits per heavy atom. The molecule has 8 nitrogen and oxygen atoms in total. The molecule has 2 rings (SSSR count). The number of ether oxygens (including phenoxy) is 1. The van der Waals surface area contributed by atoms with Crippen molar-refractivity contribution >= 4 is 11.9 Å². The minimum atomic E-state index is -0.664. The molecule has 1 aromatic heterocycles. The number of nitrogens with one attached hydrogen (secondary N) is 1. The third-order valence-corrected chi connectivity index (χ3v) is 3.28. The molecule has 2 unspecified atom stereocenters. The summed E-state index contributed by atoms with van der Waals surface area (Å²) in [5.74, 6) is -1.09. The van der Waals surface area contributed by atoms with Crippen molar-refractivity contribution in [1.82, 2.24) is 20.3 Å². The largest absolute Gasteiger partial charge is 0.464 e. The first kappa shape index (κ1) is 13.5. The number of primary amides is 1. The molecular weight excluding hydrogens is 250 g/mol. The Morgan fingerprint density at radius 3 is 2.84 bits per heavy atom. The van der Waals surface area contributed by atoms with E-state index in [1.807, 2.05) is 0 Å². The van der Waals surface area contributed by atoms with Crippen LogP contribution in [0.15, 0.2) is 0 Å². The molecule has 1 amide bonds. The highest BCUT2D eigenvalue weighted by Crippen LogP contribution is 2.27. The Hall–Kier alpha value is -1.96. The fourth-order valence-corrected chi connectivity index (χ4v) is 2.19. The van der Waals surface area contributed by atoms with Gasteiger partial charge in [0, 0.05) is 0 Å². The molecule has 2 heterocycles. The molecule has 1 saturated heterocycles. The summed E-state index contributed by atoms with van der Waals surface area (Å²) >= 11 is 0. The lowest BCUT2D eigenvalue weighted by molar-refractivity contribution is -0.121. The van der Waals surface area contributed by atoms with Gasteiger partial charge in [-0.3, -0.25) is 4.79 Å². The summed E-state index contributed by atoms with van der Waals surface area (Å²) in [4.78, 5) is 23.0. The van der Waals surface area contributed by atoms with Crippen LogP contribution in [0.25, 0.3) is 0 Å². The number of nitrogens with zero attached hydrogens (tertiary/aromatic N) is 3. The van der Waals surface area contributed by atoms with Crippen LogP contribution in [0, 0.1) is 0 Å². The predicted octanol–water partition coefficient (Wildman–Crippen LogP) is -0.464.